The van der Waals surface area contributed by atoms with E-state index in [1.807, 2.05) is 42.5 Å². The summed E-state index contributed by atoms with van der Waals surface area (Å²) in [6.45, 7) is 0. The third kappa shape index (κ3) is 3.55. The van der Waals surface area contributed by atoms with Crippen molar-refractivity contribution in [3.05, 3.63) is 87.1 Å². The van der Waals surface area contributed by atoms with Crippen LogP contribution in [-0.2, 0) is 0 Å². The number of carbonyl (C=O) groups is 1. The molecule has 0 radical (unpaired) electrons. The van der Waals surface area contributed by atoms with Gasteiger partial charge in [-0.15, -0.1) is 11.3 Å². The highest BCUT2D eigenvalue weighted by molar-refractivity contribution is 7.18. The number of rotatable bonds is 4. The van der Waals surface area contributed by atoms with E-state index in [9.17, 15) is 4.79 Å². The van der Waals surface area contributed by atoms with Gasteiger partial charge in [0.15, 0.2) is 0 Å². The van der Waals surface area contributed by atoms with Gasteiger partial charge in [-0.05, 0) is 54.0 Å². The number of hydrogen-bond donors (Lipinski definition) is 1. The second-order valence-electron chi connectivity index (χ2n) is 6.71. The zero-order valence-corrected chi connectivity index (χ0v) is 15.9. The van der Waals surface area contributed by atoms with Crippen molar-refractivity contribution in [3.63, 3.8) is 0 Å². The fraction of sp³-hybridized carbons (Fsp3) is 0.227. The van der Waals surface area contributed by atoms with Crippen LogP contribution in [0.2, 0.25) is 4.34 Å². The molecule has 2 atom stereocenters. The molecule has 2 unspecified atom stereocenters. The topological polar surface area (TPSA) is 29.1 Å². The molecule has 4 rings (SSSR count). The highest BCUT2D eigenvalue weighted by atomic mass is 35.5. The van der Waals surface area contributed by atoms with Crippen LogP contribution in [0.4, 0.5) is 5.69 Å². The van der Waals surface area contributed by atoms with Crippen LogP contribution in [0.3, 0.4) is 0 Å². The largest absolute Gasteiger partial charge is 0.321 e. The second kappa shape index (κ2) is 7.65. The van der Waals surface area contributed by atoms with E-state index in [0.717, 1.165) is 29.0 Å². The van der Waals surface area contributed by atoms with E-state index in [0.29, 0.717) is 16.2 Å². The molecule has 0 saturated heterocycles. The Hall–Kier alpha value is -2.10. The third-order valence-electron chi connectivity index (χ3n) is 5.11. The van der Waals surface area contributed by atoms with Gasteiger partial charge in [0.05, 0.1) is 9.21 Å². The number of hydrogen-bond acceptors (Lipinski definition) is 2. The van der Waals surface area contributed by atoms with Gasteiger partial charge in [-0.3, -0.25) is 4.79 Å². The van der Waals surface area contributed by atoms with E-state index in [-0.39, 0.29) is 5.91 Å². The third-order valence-corrected chi connectivity index (χ3v) is 6.39. The van der Waals surface area contributed by atoms with Gasteiger partial charge in [-0.1, -0.05) is 66.6 Å². The number of halogens is 1. The monoisotopic (exact) mass is 381 g/mol. The van der Waals surface area contributed by atoms with E-state index < -0.39 is 0 Å². The molecule has 1 aromatic heterocycles. The lowest BCUT2D eigenvalue weighted by molar-refractivity contribution is 0.102. The van der Waals surface area contributed by atoms with Crippen molar-refractivity contribution in [2.24, 2.45) is 0 Å². The molecular formula is C22H20ClNOS. The molecule has 132 valence electrons. The standard InChI is InChI=1S/C22H20ClNOS/c23-20-14-19(18-13-7-12-17(18)15-8-3-1-4-9-15)21(26-20)22(25)24-16-10-5-2-6-11-16/h1-6,8-11,14,17-18H,7,12-13H2,(H,24,25). The van der Waals surface area contributed by atoms with Crippen LogP contribution in [0, 0.1) is 0 Å². The van der Waals surface area contributed by atoms with Crippen LogP contribution in [-0.4, -0.2) is 5.91 Å². The summed E-state index contributed by atoms with van der Waals surface area (Å²) in [5.41, 5.74) is 3.26. The van der Waals surface area contributed by atoms with Gasteiger partial charge in [-0.2, -0.15) is 0 Å². The van der Waals surface area contributed by atoms with Gasteiger partial charge >= 0.3 is 0 Å². The summed E-state index contributed by atoms with van der Waals surface area (Å²) in [7, 11) is 0. The molecule has 1 heterocycles. The number of thiophene rings is 1. The van der Waals surface area contributed by atoms with Gasteiger partial charge in [0.25, 0.3) is 5.91 Å². The van der Waals surface area contributed by atoms with Crippen LogP contribution < -0.4 is 5.32 Å². The fourth-order valence-electron chi connectivity index (χ4n) is 3.97. The smallest absolute Gasteiger partial charge is 0.266 e. The highest BCUT2D eigenvalue weighted by Gasteiger charge is 2.33. The lowest BCUT2D eigenvalue weighted by Gasteiger charge is -2.20. The maximum Gasteiger partial charge on any atom is 0.266 e. The SMILES string of the molecule is O=C(Nc1ccccc1)c1sc(Cl)cc1C1CCCC1c1ccccc1. The van der Waals surface area contributed by atoms with Gasteiger partial charge in [-0.25, -0.2) is 0 Å². The molecule has 1 amide bonds. The lowest BCUT2D eigenvalue weighted by Crippen LogP contribution is -2.14. The Morgan fingerprint density at radius 1 is 0.962 bits per heavy atom. The molecule has 1 N–H and O–H groups in total. The summed E-state index contributed by atoms with van der Waals surface area (Å²) < 4.78 is 0.678. The minimum atomic E-state index is -0.0678. The van der Waals surface area contributed by atoms with Gasteiger partial charge in [0, 0.05) is 5.69 Å². The Kier molecular flexibility index (Phi) is 5.09. The Labute approximate surface area is 162 Å². The molecule has 4 heteroatoms. The first-order valence-electron chi connectivity index (χ1n) is 8.93. The van der Waals surface area contributed by atoms with Crippen molar-refractivity contribution < 1.29 is 4.79 Å². The number of para-hydroxylation sites is 1. The molecule has 1 saturated carbocycles. The first-order chi connectivity index (χ1) is 12.7. The molecular weight excluding hydrogens is 362 g/mol. The van der Waals surface area contributed by atoms with Crippen molar-refractivity contribution in [1.82, 2.24) is 0 Å². The first kappa shape index (κ1) is 17.3. The summed E-state index contributed by atoms with van der Waals surface area (Å²) in [5, 5.41) is 3.00. The summed E-state index contributed by atoms with van der Waals surface area (Å²) in [6, 6.07) is 22.2. The predicted octanol–water partition coefficient (Wildman–Crippen LogP) is 6.71. The van der Waals surface area contributed by atoms with Crippen molar-refractivity contribution in [2.45, 2.75) is 31.1 Å². The van der Waals surface area contributed by atoms with Crippen LogP contribution in [0.25, 0.3) is 0 Å². The van der Waals surface area contributed by atoms with Crippen LogP contribution in [0.15, 0.2) is 66.7 Å². The summed E-state index contributed by atoms with van der Waals surface area (Å²) in [4.78, 5) is 13.6. The molecule has 1 aliphatic carbocycles. The van der Waals surface area contributed by atoms with E-state index in [1.54, 1.807) is 0 Å². The Bertz CT molecular complexity index is 891. The summed E-state index contributed by atoms with van der Waals surface area (Å²) in [5.74, 6) is 0.727. The number of carbonyl (C=O) groups excluding carboxylic acids is 1. The van der Waals surface area contributed by atoms with Crippen molar-refractivity contribution in [3.8, 4) is 0 Å². The second-order valence-corrected chi connectivity index (χ2v) is 8.39. The van der Waals surface area contributed by atoms with Gasteiger partial charge in [0.1, 0.15) is 0 Å². The number of benzene rings is 2. The zero-order valence-electron chi connectivity index (χ0n) is 14.3. The van der Waals surface area contributed by atoms with E-state index >= 15 is 0 Å². The summed E-state index contributed by atoms with van der Waals surface area (Å²) in [6.07, 6.45) is 3.43. The van der Waals surface area contributed by atoms with Crippen molar-refractivity contribution in [2.75, 3.05) is 5.32 Å². The zero-order chi connectivity index (χ0) is 17.9. The highest BCUT2D eigenvalue weighted by Crippen LogP contribution is 2.48. The number of anilines is 1. The first-order valence-corrected chi connectivity index (χ1v) is 10.1. The number of nitrogens with one attached hydrogen (secondary N) is 1. The molecule has 2 nitrogen and oxygen atoms in total. The Morgan fingerprint density at radius 3 is 2.35 bits per heavy atom. The molecule has 0 spiro atoms. The fourth-order valence-corrected chi connectivity index (χ4v) is 5.17. The van der Waals surface area contributed by atoms with E-state index in [1.165, 1.54) is 23.3 Å². The molecule has 3 aromatic rings. The average Bonchev–Trinajstić information content (AvgIpc) is 3.29. The maximum atomic E-state index is 12.9. The quantitative estimate of drug-likeness (QED) is 0.534. The molecule has 2 aromatic carbocycles. The average molecular weight is 382 g/mol. The molecule has 1 fully saturated rings. The van der Waals surface area contributed by atoms with Crippen molar-refractivity contribution in [1.29, 1.82) is 0 Å². The maximum absolute atomic E-state index is 12.9. The van der Waals surface area contributed by atoms with Crippen molar-refractivity contribution >= 4 is 34.5 Å². The minimum absolute atomic E-state index is 0.0678. The lowest BCUT2D eigenvalue weighted by atomic mass is 9.84. The van der Waals surface area contributed by atoms with Crippen LogP contribution >= 0.6 is 22.9 Å². The molecule has 0 bridgehead atoms. The van der Waals surface area contributed by atoms with Gasteiger partial charge < -0.3 is 5.32 Å². The van der Waals surface area contributed by atoms with Crippen LogP contribution in [0.1, 0.15) is 51.9 Å². The molecule has 0 aliphatic heterocycles. The Balaban J connectivity index is 1.64. The normalized spacial score (nSPS) is 19.4. The predicted molar refractivity (Wildman–Crippen MR) is 109 cm³/mol. The summed E-state index contributed by atoms with van der Waals surface area (Å²) >= 11 is 7.70. The van der Waals surface area contributed by atoms with E-state index in [4.69, 9.17) is 11.6 Å². The Morgan fingerprint density at radius 2 is 1.62 bits per heavy atom. The van der Waals surface area contributed by atoms with Gasteiger partial charge in [0.2, 0.25) is 0 Å². The van der Waals surface area contributed by atoms with Crippen LogP contribution in [0.5, 0.6) is 0 Å². The van der Waals surface area contributed by atoms with E-state index in [2.05, 4.69) is 29.6 Å². The number of amides is 1. The molecule has 1 aliphatic rings. The minimum Gasteiger partial charge on any atom is -0.321 e. The molecule has 26 heavy (non-hydrogen) atoms.